The number of hydrogen-bond acceptors (Lipinski definition) is 2. The Morgan fingerprint density at radius 3 is 2.46 bits per heavy atom. The van der Waals surface area contributed by atoms with Crippen LogP contribution in [0, 0.1) is 0 Å². The Bertz CT molecular complexity index is 127. The van der Waals surface area contributed by atoms with Gasteiger partial charge in [0.1, 0.15) is 0 Å². The first-order valence-electron chi connectivity index (χ1n) is 3.99. The van der Waals surface area contributed by atoms with Gasteiger partial charge in [-0.15, -0.1) is 11.6 Å². The molecule has 0 aromatic heterocycles. The van der Waals surface area contributed by atoms with Crippen molar-refractivity contribution in [2.24, 2.45) is 0 Å². The van der Waals surface area contributed by atoms with Crippen LogP contribution in [0.4, 0.5) is 13.2 Å². The van der Waals surface area contributed by atoms with Crippen molar-refractivity contribution in [3.05, 3.63) is 0 Å². The summed E-state index contributed by atoms with van der Waals surface area (Å²) in [6.45, 7) is 2.28. The molecule has 0 bridgehead atoms. The summed E-state index contributed by atoms with van der Waals surface area (Å²) in [6, 6.07) is 0.121. The molecule has 0 saturated carbocycles. The van der Waals surface area contributed by atoms with E-state index in [0.29, 0.717) is 12.4 Å². The Morgan fingerprint density at radius 2 is 2.08 bits per heavy atom. The molecule has 0 saturated heterocycles. The second kappa shape index (κ2) is 6.79. The van der Waals surface area contributed by atoms with Gasteiger partial charge < -0.3 is 5.32 Å². The zero-order valence-corrected chi connectivity index (χ0v) is 8.90. The van der Waals surface area contributed by atoms with Crippen molar-refractivity contribution in [2.45, 2.75) is 24.9 Å². The largest absolute Gasteiger partial charge is 0.441 e. The zero-order valence-electron chi connectivity index (χ0n) is 7.33. The van der Waals surface area contributed by atoms with E-state index in [1.54, 1.807) is 0 Å². The number of rotatable bonds is 6. The van der Waals surface area contributed by atoms with Crippen LogP contribution in [0.2, 0.25) is 0 Å². The molecule has 0 fully saturated rings. The highest BCUT2D eigenvalue weighted by molar-refractivity contribution is 8.00. The van der Waals surface area contributed by atoms with Gasteiger partial charge in [0.25, 0.3) is 0 Å². The van der Waals surface area contributed by atoms with Crippen molar-refractivity contribution in [1.82, 2.24) is 5.32 Å². The van der Waals surface area contributed by atoms with Gasteiger partial charge in [0.15, 0.2) is 0 Å². The van der Waals surface area contributed by atoms with Crippen molar-refractivity contribution in [3.63, 3.8) is 0 Å². The van der Waals surface area contributed by atoms with Gasteiger partial charge >= 0.3 is 5.51 Å². The van der Waals surface area contributed by atoms with Crippen LogP contribution in [0.3, 0.4) is 0 Å². The Kier molecular flexibility index (Phi) is 6.99. The smallest absolute Gasteiger partial charge is 0.312 e. The van der Waals surface area contributed by atoms with E-state index >= 15 is 0 Å². The maximum atomic E-state index is 11.7. The van der Waals surface area contributed by atoms with E-state index in [1.807, 2.05) is 6.92 Å². The Labute approximate surface area is 85.4 Å². The number of alkyl halides is 4. The fourth-order valence-corrected chi connectivity index (χ4v) is 1.52. The molecule has 0 rings (SSSR count). The lowest BCUT2D eigenvalue weighted by Gasteiger charge is -2.13. The molecular weight excluding hydrogens is 223 g/mol. The first-order valence-corrected chi connectivity index (χ1v) is 5.51. The Morgan fingerprint density at radius 1 is 1.46 bits per heavy atom. The highest BCUT2D eigenvalue weighted by atomic mass is 35.5. The van der Waals surface area contributed by atoms with Crippen molar-refractivity contribution >= 4 is 23.4 Å². The quantitative estimate of drug-likeness (QED) is 0.561. The molecule has 13 heavy (non-hydrogen) atoms. The molecule has 0 amide bonds. The van der Waals surface area contributed by atoms with Crippen molar-refractivity contribution in [3.8, 4) is 0 Å². The zero-order chi connectivity index (χ0) is 10.3. The number of halogens is 4. The van der Waals surface area contributed by atoms with Gasteiger partial charge in [-0.2, -0.15) is 13.2 Å². The lowest BCUT2D eigenvalue weighted by atomic mass is 10.3. The minimum Gasteiger partial charge on any atom is -0.312 e. The van der Waals surface area contributed by atoms with Crippen LogP contribution in [-0.4, -0.2) is 29.7 Å². The normalized spacial score (nSPS) is 14.5. The summed E-state index contributed by atoms with van der Waals surface area (Å²) >= 11 is 5.54. The topological polar surface area (TPSA) is 12.0 Å². The fraction of sp³-hybridized carbons (Fsp3) is 1.00. The molecule has 0 heterocycles. The van der Waals surface area contributed by atoms with Crippen LogP contribution in [0.25, 0.3) is 0 Å². The van der Waals surface area contributed by atoms with Crippen LogP contribution in [0.15, 0.2) is 0 Å². The first-order chi connectivity index (χ1) is 5.99. The van der Waals surface area contributed by atoms with Gasteiger partial charge in [0.05, 0.1) is 0 Å². The highest BCUT2D eigenvalue weighted by Crippen LogP contribution is 2.29. The molecule has 1 nitrogen and oxygen atoms in total. The van der Waals surface area contributed by atoms with Crippen LogP contribution >= 0.6 is 23.4 Å². The lowest BCUT2D eigenvalue weighted by molar-refractivity contribution is -0.0327. The minimum atomic E-state index is -4.12. The van der Waals surface area contributed by atoms with Crippen molar-refractivity contribution in [2.75, 3.05) is 18.2 Å². The molecule has 0 aliphatic carbocycles. The first kappa shape index (κ1) is 13.4. The molecule has 0 aromatic carbocycles. The molecule has 1 unspecified atom stereocenters. The second-order valence-corrected chi connectivity index (χ2v) is 3.98. The molecule has 80 valence electrons. The molecule has 0 aromatic rings. The lowest BCUT2D eigenvalue weighted by Crippen LogP contribution is -2.32. The summed E-state index contributed by atoms with van der Waals surface area (Å²) in [5.41, 5.74) is -4.12. The van der Waals surface area contributed by atoms with Gasteiger partial charge in [-0.3, -0.25) is 0 Å². The van der Waals surface area contributed by atoms with Crippen LogP contribution in [-0.2, 0) is 0 Å². The predicted octanol–water partition coefficient (Wildman–Crippen LogP) is 2.85. The summed E-state index contributed by atoms with van der Waals surface area (Å²) in [4.78, 5) is 0. The molecule has 0 spiro atoms. The molecule has 0 radical (unpaired) electrons. The number of thioether (sulfide) groups is 1. The molecular formula is C7H13ClF3NS. The van der Waals surface area contributed by atoms with E-state index in [-0.39, 0.29) is 23.6 Å². The van der Waals surface area contributed by atoms with E-state index in [0.717, 1.165) is 6.42 Å². The van der Waals surface area contributed by atoms with E-state index in [4.69, 9.17) is 11.6 Å². The van der Waals surface area contributed by atoms with E-state index in [2.05, 4.69) is 5.32 Å². The second-order valence-electron chi connectivity index (χ2n) is 2.51. The van der Waals surface area contributed by atoms with E-state index < -0.39 is 5.51 Å². The average Bonchev–Trinajstić information content (AvgIpc) is 2.03. The monoisotopic (exact) mass is 235 g/mol. The fourth-order valence-electron chi connectivity index (χ4n) is 0.738. The maximum absolute atomic E-state index is 11.7. The summed E-state index contributed by atoms with van der Waals surface area (Å²) in [5.74, 6) is 0.476. The summed E-state index contributed by atoms with van der Waals surface area (Å²) in [6.07, 6.45) is 0.834. The van der Waals surface area contributed by atoms with Crippen LogP contribution < -0.4 is 5.32 Å². The van der Waals surface area contributed by atoms with Gasteiger partial charge in [-0.25, -0.2) is 0 Å². The number of nitrogens with one attached hydrogen (secondary N) is 1. The minimum absolute atomic E-state index is 0.00905. The SMILES string of the molecule is CCC(CCl)NCCSC(F)(F)F. The van der Waals surface area contributed by atoms with E-state index in [9.17, 15) is 13.2 Å². The standard InChI is InChI=1S/C7H13ClF3NS/c1-2-6(5-8)12-3-4-13-7(9,10)11/h6,12H,2-5H2,1H3. The highest BCUT2D eigenvalue weighted by Gasteiger charge is 2.27. The third-order valence-corrected chi connectivity index (χ3v) is 2.59. The number of hydrogen-bond donors (Lipinski definition) is 1. The Hall–Kier alpha value is 0.390. The molecule has 0 aliphatic rings. The van der Waals surface area contributed by atoms with Gasteiger partial charge in [-0.1, -0.05) is 6.92 Å². The molecule has 0 aliphatic heterocycles. The van der Waals surface area contributed by atoms with Crippen LogP contribution in [0.1, 0.15) is 13.3 Å². The molecule has 6 heteroatoms. The molecule has 1 N–H and O–H groups in total. The summed E-state index contributed by atoms with van der Waals surface area (Å²) in [5, 5.41) is 2.94. The van der Waals surface area contributed by atoms with Crippen molar-refractivity contribution < 1.29 is 13.2 Å². The van der Waals surface area contributed by atoms with Gasteiger partial charge in [0.2, 0.25) is 0 Å². The van der Waals surface area contributed by atoms with Crippen molar-refractivity contribution in [1.29, 1.82) is 0 Å². The summed E-state index contributed by atoms with van der Waals surface area (Å²) in [7, 11) is 0. The maximum Gasteiger partial charge on any atom is 0.441 e. The predicted molar refractivity (Wildman–Crippen MR) is 51.3 cm³/mol. The third-order valence-electron chi connectivity index (χ3n) is 1.48. The summed E-state index contributed by atoms with van der Waals surface area (Å²) < 4.78 is 35.0. The van der Waals surface area contributed by atoms with Crippen LogP contribution in [0.5, 0.6) is 0 Å². The third kappa shape index (κ3) is 8.71. The average molecular weight is 236 g/mol. The van der Waals surface area contributed by atoms with Gasteiger partial charge in [0, 0.05) is 24.2 Å². The molecule has 1 atom stereocenters. The van der Waals surface area contributed by atoms with Gasteiger partial charge in [-0.05, 0) is 18.2 Å². The Balaban J connectivity index is 3.34. The van der Waals surface area contributed by atoms with E-state index in [1.165, 1.54) is 0 Å².